The number of halogens is 1. The Labute approximate surface area is 149 Å². The molecule has 1 atom stereocenters. The van der Waals surface area contributed by atoms with E-state index in [9.17, 15) is 14.3 Å². The molecule has 2 N–H and O–H groups in total. The number of hydrogen-bond acceptors (Lipinski definition) is 5. The molecule has 26 heavy (non-hydrogen) atoms. The minimum absolute atomic E-state index is 0.0621. The average molecular weight is 355 g/mol. The minimum Gasteiger partial charge on any atom is -0.378 e. The van der Waals surface area contributed by atoms with Crippen LogP contribution in [0.1, 0.15) is 28.9 Å². The third kappa shape index (κ3) is 4.52. The first kappa shape index (κ1) is 17.8. The smallest absolute Gasteiger partial charge is 0.253 e. The lowest BCUT2D eigenvalue weighted by Gasteiger charge is -2.11. The molecule has 1 heterocycles. The molecule has 0 fully saturated rings. The molecular formula is C19H18FN3O3. The molecule has 6 nitrogen and oxygen atoms in total. The number of amides is 1. The van der Waals surface area contributed by atoms with Crippen LogP contribution >= 0.6 is 0 Å². The third-order valence-corrected chi connectivity index (χ3v) is 3.80. The Hall–Kier alpha value is -3.06. The molecule has 0 saturated heterocycles. The molecule has 2 aromatic carbocycles. The van der Waals surface area contributed by atoms with E-state index in [1.165, 1.54) is 18.2 Å². The van der Waals surface area contributed by atoms with Crippen LogP contribution in [0.25, 0.3) is 0 Å². The van der Waals surface area contributed by atoms with Gasteiger partial charge in [-0.25, -0.2) is 4.39 Å². The van der Waals surface area contributed by atoms with E-state index < -0.39 is 17.8 Å². The average Bonchev–Trinajstić information content (AvgIpc) is 3.09. The van der Waals surface area contributed by atoms with Crippen molar-refractivity contribution in [2.45, 2.75) is 18.9 Å². The van der Waals surface area contributed by atoms with Gasteiger partial charge in [-0.2, -0.15) is 4.98 Å². The molecule has 0 spiro atoms. The fourth-order valence-electron chi connectivity index (χ4n) is 2.47. The van der Waals surface area contributed by atoms with E-state index in [0.29, 0.717) is 24.6 Å². The summed E-state index contributed by atoms with van der Waals surface area (Å²) in [5.74, 6) is -0.364. The minimum atomic E-state index is -1.56. The maximum atomic E-state index is 13.6. The van der Waals surface area contributed by atoms with E-state index in [-0.39, 0.29) is 12.1 Å². The highest BCUT2D eigenvalue weighted by Gasteiger charge is 2.20. The van der Waals surface area contributed by atoms with Gasteiger partial charge in [-0.15, -0.1) is 0 Å². The van der Waals surface area contributed by atoms with Gasteiger partial charge in [-0.1, -0.05) is 53.7 Å². The summed E-state index contributed by atoms with van der Waals surface area (Å²) in [6.45, 7) is 0.192. The summed E-state index contributed by atoms with van der Waals surface area (Å²) < 4.78 is 18.7. The van der Waals surface area contributed by atoms with Gasteiger partial charge in [0.1, 0.15) is 5.82 Å². The van der Waals surface area contributed by atoms with Crippen molar-refractivity contribution in [1.82, 2.24) is 15.5 Å². The van der Waals surface area contributed by atoms with Crippen molar-refractivity contribution in [2.24, 2.45) is 0 Å². The van der Waals surface area contributed by atoms with Gasteiger partial charge < -0.3 is 14.9 Å². The van der Waals surface area contributed by atoms with Crippen LogP contribution in [0.15, 0.2) is 59.1 Å². The SMILES string of the molecule is O=C(NCCc1nc(Cc2ccccc2)no1)[C@@H](O)c1ccccc1F. The Morgan fingerprint density at radius 2 is 1.88 bits per heavy atom. The predicted octanol–water partition coefficient (Wildman–Crippen LogP) is 2.19. The molecule has 0 unspecified atom stereocenters. The molecule has 0 radical (unpaired) electrons. The lowest BCUT2D eigenvalue weighted by Crippen LogP contribution is -2.31. The third-order valence-electron chi connectivity index (χ3n) is 3.80. The van der Waals surface area contributed by atoms with Crippen molar-refractivity contribution < 1.29 is 18.8 Å². The van der Waals surface area contributed by atoms with E-state index >= 15 is 0 Å². The summed E-state index contributed by atoms with van der Waals surface area (Å²) in [7, 11) is 0. The van der Waals surface area contributed by atoms with Crippen molar-refractivity contribution in [2.75, 3.05) is 6.54 Å². The number of hydrogen-bond donors (Lipinski definition) is 2. The van der Waals surface area contributed by atoms with Crippen LogP contribution in [0.2, 0.25) is 0 Å². The second-order valence-electron chi connectivity index (χ2n) is 5.73. The molecule has 3 rings (SSSR count). The summed E-state index contributed by atoms with van der Waals surface area (Å²) in [5.41, 5.74) is 1.01. The number of aliphatic hydroxyl groups excluding tert-OH is 1. The topological polar surface area (TPSA) is 88.3 Å². The molecular weight excluding hydrogens is 337 g/mol. The van der Waals surface area contributed by atoms with Crippen LogP contribution in [-0.2, 0) is 17.6 Å². The monoisotopic (exact) mass is 355 g/mol. The van der Waals surface area contributed by atoms with Crippen molar-refractivity contribution in [3.8, 4) is 0 Å². The zero-order chi connectivity index (χ0) is 18.4. The highest BCUT2D eigenvalue weighted by molar-refractivity contribution is 5.81. The number of nitrogens with one attached hydrogen (secondary N) is 1. The molecule has 0 aliphatic carbocycles. The Balaban J connectivity index is 1.49. The van der Waals surface area contributed by atoms with Crippen molar-refractivity contribution in [3.05, 3.63) is 83.3 Å². The number of carbonyl (C=O) groups excluding carboxylic acids is 1. The number of aromatic nitrogens is 2. The molecule has 1 aromatic heterocycles. The molecule has 0 bridgehead atoms. The highest BCUT2D eigenvalue weighted by Crippen LogP contribution is 2.16. The first-order valence-electron chi connectivity index (χ1n) is 8.19. The van der Waals surface area contributed by atoms with Crippen molar-refractivity contribution in [3.63, 3.8) is 0 Å². The molecule has 0 aliphatic rings. The Morgan fingerprint density at radius 3 is 2.65 bits per heavy atom. The summed E-state index contributed by atoms with van der Waals surface area (Å²) in [4.78, 5) is 16.2. The summed E-state index contributed by atoms with van der Waals surface area (Å²) in [6.07, 6.45) is -0.687. The number of carbonyl (C=O) groups is 1. The van der Waals surface area contributed by atoms with Gasteiger partial charge in [0.25, 0.3) is 5.91 Å². The first-order chi connectivity index (χ1) is 12.6. The van der Waals surface area contributed by atoms with Gasteiger partial charge in [0.15, 0.2) is 11.9 Å². The zero-order valence-corrected chi connectivity index (χ0v) is 13.9. The van der Waals surface area contributed by atoms with Crippen LogP contribution < -0.4 is 5.32 Å². The molecule has 0 aliphatic heterocycles. The summed E-state index contributed by atoms with van der Waals surface area (Å²) in [6, 6.07) is 15.4. The fourth-order valence-corrected chi connectivity index (χ4v) is 2.47. The second-order valence-corrected chi connectivity index (χ2v) is 5.73. The first-order valence-corrected chi connectivity index (χ1v) is 8.19. The Morgan fingerprint density at radius 1 is 1.15 bits per heavy atom. The Kier molecular flexibility index (Phi) is 5.70. The van der Waals surface area contributed by atoms with Crippen molar-refractivity contribution in [1.29, 1.82) is 0 Å². The quantitative estimate of drug-likeness (QED) is 0.678. The molecule has 3 aromatic rings. The maximum Gasteiger partial charge on any atom is 0.253 e. The van der Waals surface area contributed by atoms with Gasteiger partial charge in [0.05, 0.1) is 0 Å². The van der Waals surface area contributed by atoms with Crippen LogP contribution in [-0.4, -0.2) is 27.7 Å². The van der Waals surface area contributed by atoms with Gasteiger partial charge in [0.2, 0.25) is 5.89 Å². The van der Waals surface area contributed by atoms with E-state index in [4.69, 9.17) is 4.52 Å². The lowest BCUT2D eigenvalue weighted by molar-refractivity contribution is -0.129. The normalized spacial score (nSPS) is 11.9. The van der Waals surface area contributed by atoms with Gasteiger partial charge in [0, 0.05) is 24.9 Å². The largest absolute Gasteiger partial charge is 0.378 e. The van der Waals surface area contributed by atoms with Gasteiger partial charge in [-0.05, 0) is 11.6 Å². The fraction of sp³-hybridized carbons (Fsp3) is 0.211. The van der Waals surface area contributed by atoms with Crippen LogP contribution in [0.3, 0.4) is 0 Å². The van der Waals surface area contributed by atoms with E-state index in [1.54, 1.807) is 6.07 Å². The molecule has 134 valence electrons. The van der Waals surface area contributed by atoms with Gasteiger partial charge >= 0.3 is 0 Å². The summed E-state index contributed by atoms with van der Waals surface area (Å²) in [5, 5.41) is 16.4. The van der Waals surface area contributed by atoms with E-state index in [2.05, 4.69) is 15.5 Å². The second kappa shape index (κ2) is 8.35. The number of aliphatic hydroxyl groups is 1. The maximum absolute atomic E-state index is 13.6. The zero-order valence-electron chi connectivity index (χ0n) is 13.9. The summed E-state index contributed by atoms with van der Waals surface area (Å²) >= 11 is 0. The van der Waals surface area contributed by atoms with Crippen molar-refractivity contribution >= 4 is 5.91 Å². The van der Waals surface area contributed by atoms with Gasteiger partial charge in [-0.3, -0.25) is 4.79 Å². The van der Waals surface area contributed by atoms with E-state index in [0.717, 1.165) is 5.56 Å². The number of rotatable bonds is 7. The standard InChI is InChI=1S/C19H18FN3O3/c20-15-9-5-4-8-14(15)18(24)19(25)21-11-10-17-22-16(23-26-17)12-13-6-2-1-3-7-13/h1-9,18,24H,10-12H2,(H,21,25)/t18-/m0/s1. The molecule has 1 amide bonds. The van der Waals surface area contributed by atoms with Crippen LogP contribution in [0.4, 0.5) is 4.39 Å². The Bertz CT molecular complexity index is 867. The van der Waals surface area contributed by atoms with Crippen LogP contribution in [0, 0.1) is 5.82 Å². The number of benzene rings is 2. The predicted molar refractivity (Wildman–Crippen MR) is 91.6 cm³/mol. The lowest BCUT2D eigenvalue weighted by atomic mass is 10.1. The molecule has 7 heteroatoms. The molecule has 0 saturated carbocycles. The van der Waals surface area contributed by atoms with Crippen LogP contribution in [0.5, 0.6) is 0 Å². The number of nitrogens with zero attached hydrogens (tertiary/aromatic N) is 2. The van der Waals surface area contributed by atoms with E-state index in [1.807, 2.05) is 30.3 Å². The highest BCUT2D eigenvalue weighted by atomic mass is 19.1.